The molecule has 2 aliphatic rings. The second-order valence-corrected chi connectivity index (χ2v) is 3.32. The molecule has 74 valence electrons. The number of aliphatic hydroxyl groups is 1. The fourth-order valence-corrected chi connectivity index (χ4v) is 1.57. The van der Waals surface area contributed by atoms with Crippen molar-refractivity contribution in [2.24, 2.45) is 0 Å². The Balaban J connectivity index is 2.33. The lowest BCUT2D eigenvalue weighted by molar-refractivity contribution is -0.113. The first-order chi connectivity index (χ1) is 6.72. The van der Waals surface area contributed by atoms with Gasteiger partial charge in [-0.05, 0) is 18.6 Å². The van der Waals surface area contributed by atoms with Crippen molar-refractivity contribution in [3.05, 3.63) is 35.2 Å². The molecule has 0 saturated carbocycles. The summed E-state index contributed by atoms with van der Waals surface area (Å²) in [6.07, 6.45) is 5.47. The Morgan fingerprint density at radius 3 is 3.07 bits per heavy atom. The van der Waals surface area contributed by atoms with Crippen LogP contribution in [0.3, 0.4) is 0 Å². The van der Waals surface area contributed by atoms with Crippen LogP contribution in [0.15, 0.2) is 35.2 Å². The molecule has 14 heavy (non-hydrogen) atoms. The number of carbonyl (C=O) groups is 1. The van der Waals surface area contributed by atoms with Crippen molar-refractivity contribution < 1.29 is 9.90 Å². The number of nitrogens with zero attached hydrogens (tertiary/aromatic N) is 1. The second-order valence-electron chi connectivity index (χ2n) is 3.32. The highest BCUT2D eigenvalue weighted by atomic mass is 16.3. The topological polar surface area (TPSA) is 52.6 Å². The van der Waals surface area contributed by atoms with Gasteiger partial charge < -0.3 is 5.11 Å². The van der Waals surface area contributed by atoms with E-state index in [4.69, 9.17) is 5.11 Å². The highest BCUT2D eigenvalue weighted by Gasteiger charge is 2.23. The van der Waals surface area contributed by atoms with E-state index in [0.717, 1.165) is 16.8 Å². The summed E-state index contributed by atoms with van der Waals surface area (Å²) in [7, 11) is 0. The SMILES string of the molecule is CC(=O)C1=C2C=CC(CO)=CN2NC1. The number of hydrazine groups is 1. The Morgan fingerprint density at radius 2 is 2.43 bits per heavy atom. The van der Waals surface area contributed by atoms with E-state index in [9.17, 15) is 4.79 Å². The number of ketones is 1. The molecule has 0 unspecified atom stereocenters. The lowest BCUT2D eigenvalue weighted by Gasteiger charge is -2.20. The van der Waals surface area contributed by atoms with Crippen molar-refractivity contribution in [2.45, 2.75) is 6.92 Å². The Kier molecular flexibility index (Phi) is 2.23. The highest BCUT2D eigenvalue weighted by molar-refractivity contribution is 5.95. The van der Waals surface area contributed by atoms with Gasteiger partial charge in [0.1, 0.15) is 0 Å². The molecule has 2 N–H and O–H groups in total. The second kappa shape index (κ2) is 3.40. The van der Waals surface area contributed by atoms with Gasteiger partial charge in [0, 0.05) is 18.3 Å². The van der Waals surface area contributed by atoms with Gasteiger partial charge in [0.05, 0.1) is 12.3 Å². The van der Waals surface area contributed by atoms with Crippen molar-refractivity contribution in [1.29, 1.82) is 0 Å². The van der Waals surface area contributed by atoms with Crippen LogP contribution in [0.1, 0.15) is 6.92 Å². The van der Waals surface area contributed by atoms with Crippen LogP contribution in [0.25, 0.3) is 0 Å². The number of hydrogen-bond acceptors (Lipinski definition) is 4. The van der Waals surface area contributed by atoms with Gasteiger partial charge >= 0.3 is 0 Å². The van der Waals surface area contributed by atoms with E-state index in [0.29, 0.717) is 6.54 Å². The monoisotopic (exact) mass is 192 g/mol. The molecule has 2 heterocycles. The Morgan fingerprint density at radius 1 is 1.64 bits per heavy atom. The lowest BCUT2D eigenvalue weighted by atomic mass is 10.1. The minimum atomic E-state index is 0.0113. The summed E-state index contributed by atoms with van der Waals surface area (Å²) in [6.45, 7) is 2.13. The predicted octanol–water partition coefficient (Wildman–Crippen LogP) is 0.0957. The molecule has 0 aliphatic carbocycles. The normalized spacial score (nSPS) is 19.9. The summed E-state index contributed by atoms with van der Waals surface area (Å²) in [5.74, 6) is 0.0838. The summed E-state index contributed by atoms with van der Waals surface area (Å²) in [6, 6.07) is 0. The third-order valence-electron chi connectivity index (χ3n) is 2.35. The molecule has 0 spiro atoms. The lowest BCUT2D eigenvalue weighted by Crippen LogP contribution is -2.28. The number of fused-ring (bicyclic) bond motifs is 1. The first-order valence-corrected chi connectivity index (χ1v) is 4.49. The average Bonchev–Trinajstić information content (AvgIpc) is 2.59. The summed E-state index contributed by atoms with van der Waals surface area (Å²) < 4.78 is 0. The minimum absolute atomic E-state index is 0.0113. The van der Waals surface area contributed by atoms with Gasteiger partial charge in [-0.2, -0.15) is 0 Å². The number of rotatable bonds is 2. The molecular formula is C10H12N2O2. The zero-order valence-corrected chi connectivity index (χ0v) is 7.95. The summed E-state index contributed by atoms with van der Waals surface area (Å²) in [5.41, 5.74) is 5.55. The number of nitrogens with one attached hydrogen (secondary N) is 1. The largest absolute Gasteiger partial charge is 0.392 e. The molecule has 0 atom stereocenters. The smallest absolute Gasteiger partial charge is 0.159 e. The van der Waals surface area contributed by atoms with Crippen LogP contribution >= 0.6 is 0 Å². The van der Waals surface area contributed by atoms with Crippen LogP contribution in [0.2, 0.25) is 0 Å². The maximum atomic E-state index is 11.2. The van der Waals surface area contributed by atoms with Gasteiger partial charge in [-0.1, -0.05) is 6.08 Å². The zero-order chi connectivity index (χ0) is 10.1. The van der Waals surface area contributed by atoms with Gasteiger partial charge in [0.15, 0.2) is 5.78 Å². The quantitative estimate of drug-likeness (QED) is 0.651. The molecule has 0 bridgehead atoms. The minimum Gasteiger partial charge on any atom is -0.392 e. The number of hydrogen-bond donors (Lipinski definition) is 2. The highest BCUT2D eigenvalue weighted by Crippen LogP contribution is 2.22. The third kappa shape index (κ3) is 1.38. The van der Waals surface area contributed by atoms with Crippen LogP contribution in [0, 0.1) is 0 Å². The fraction of sp³-hybridized carbons (Fsp3) is 0.300. The zero-order valence-electron chi connectivity index (χ0n) is 7.95. The van der Waals surface area contributed by atoms with Gasteiger partial charge in [-0.3, -0.25) is 9.80 Å². The van der Waals surface area contributed by atoms with Crippen LogP contribution in [0.5, 0.6) is 0 Å². The molecule has 4 heteroatoms. The van der Waals surface area contributed by atoms with Crippen molar-refractivity contribution in [3.63, 3.8) is 0 Å². The molecule has 0 aromatic heterocycles. The van der Waals surface area contributed by atoms with Gasteiger partial charge in [-0.15, -0.1) is 0 Å². The maximum absolute atomic E-state index is 11.2. The number of Topliss-reactive ketones (excluding diaryl/α,β-unsaturated/α-hetero) is 1. The first kappa shape index (κ1) is 9.18. The average molecular weight is 192 g/mol. The van der Waals surface area contributed by atoms with Crippen molar-refractivity contribution in [1.82, 2.24) is 10.4 Å². The van der Waals surface area contributed by atoms with Crippen LogP contribution in [-0.4, -0.2) is 29.1 Å². The molecule has 4 nitrogen and oxygen atoms in total. The standard InChI is InChI=1S/C10H12N2O2/c1-7(14)9-4-11-12-5-8(6-13)2-3-10(9)12/h2-3,5,11,13H,4,6H2,1H3. The fourth-order valence-electron chi connectivity index (χ4n) is 1.57. The van der Waals surface area contributed by atoms with Crippen molar-refractivity contribution >= 4 is 5.78 Å². The number of carbonyl (C=O) groups excluding carboxylic acids is 1. The molecule has 2 rings (SSSR count). The molecule has 0 amide bonds. The number of aliphatic hydroxyl groups excluding tert-OH is 1. The van der Waals surface area contributed by atoms with E-state index < -0.39 is 0 Å². The van der Waals surface area contributed by atoms with Crippen LogP contribution < -0.4 is 5.43 Å². The summed E-state index contributed by atoms with van der Waals surface area (Å²) in [4.78, 5) is 11.2. The molecule has 0 fully saturated rings. The molecule has 2 aliphatic heterocycles. The van der Waals surface area contributed by atoms with E-state index in [2.05, 4.69) is 5.43 Å². The number of allylic oxidation sites excluding steroid dienone is 1. The van der Waals surface area contributed by atoms with Gasteiger partial charge in [0.2, 0.25) is 0 Å². The van der Waals surface area contributed by atoms with Gasteiger partial charge in [-0.25, -0.2) is 5.43 Å². The van der Waals surface area contributed by atoms with E-state index in [1.807, 2.05) is 12.2 Å². The molecule has 0 radical (unpaired) electrons. The molecule has 0 aromatic carbocycles. The van der Waals surface area contributed by atoms with E-state index >= 15 is 0 Å². The Bertz CT molecular complexity index is 366. The van der Waals surface area contributed by atoms with E-state index in [1.54, 1.807) is 18.1 Å². The Labute approximate surface area is 82.2 Å². The van der Waals surface area contributed by atoms with Gasteiger partial charge in [0.25, 0.3) is 0 Å². The molecule has 0 saturated heterocycles. The van der Waals surface area contributed by atoms with Crippen molar-refractivity contribution in [3.8, 4) is 0 Å². The summed E-state index contributed by atoms with van der Waals surface area (Å²) >= 11 is 0. The van der Waals surface area contributed by atoms with E-state index in [1.165, 1.54) is 0 Å². The van der Waals surface area contributed by atoms with E-state index in [-0.39, 0.29) is 12.4 Å². The Hall–Kier alpha value is -1.39. The first-order valence-electron chi connectivity index (χ1n) is 4.49. The molecule has 0 aromatic rings. The predicted molar refractivity (Wildman–Crippen MR) is 51.9 cm³/mol. The van der Waals surface area contributed by atoms with Crippen LogP contribution in [0.4, 0.5) is 0 Å². The summed E-state index contributed by atoms with van der Waals surface area (Å²) in [5, 5.41) is 10.7. The maximum Gasteiger partial charge on any atom is 0.159 e. The van der Waals surface area contributed by atoms with Crippen LogP contribution in [-0.2, 0) is 4.79 Å². The third-order valence-corrected chi connectivity index (χ3v) is 2.35. The molecular weight excluding hydrogens is 180 g/mol. The van der Waals surface area contributed by atoms with Crippen molar-refractivity contribution in [2.75, 3.05) is 13.2 Å².